The molecule has 0 bridgehead atoms. The number of ether oxygens (including phenoxy) is 1. The first-order chi connectivity index (χ1) is 9.08. The highest BCUT2D eigenvalue weighted by Gasteiger charge is 2.12. The standard InChI is InChI=1S/C15H15NO3/c1-11-7-8-15(12(2)9-11)19-10-13-5-3-4-6-14(13)16(17)18/h3-9H,10H2,1-2H3. The third kappa shape index (κ3) is 3.10. The van der Waals surface area contributed by atoms with Crippen molar-refractivity contribution >= 4 is 5.69 Å². The van der Waals surface area contributed by atoms with Gasteiger partial charge in [-0.25, -0.2) is 0 Å². The zero-order valence-corrected chi connectivity index (χ0v) is 10.9. The summed E-state index contributed by atoms with van der Waals surface area (Å²) in [6, 6.07) is 12.5. The molecule has 98 valence electrons. The molecule has 0 saturated carbocycles. The van der Waals surface area contributed by atoms with Gasteiger partial charge in [0.15, 0.2) is 0 Å². The minimum atomic E-state index is -0.388. The molecule has 0 unspecified atom stereocenters. The summed E-state index contributed by atoms with van der Waals surface area (Å²) in [5.74, 6) is 0.753. The molecule has 4 nitrogen and oxygen atoms in total. The number of rotatable bonds is 4. The lowest BCUT2D eigenvalue weighted by Gasteiger charge is -2.10. The maximum Gasteiger partial charge on any atom is 0.276 e. The Hall–Kier alpha value is -2.36. The Bertz CT molecular complexity index is 608. The van der Waals surface area contributed by atoms with E-state index in [1.165, 1.54) is 6.07 Å². The Morgan fingerprint density at radius 1 is 1.16 bits per heavy atom. The largest absolute Gasteiger partial charge is 0.488 e. The maximum atomic E-state index is 10.9. The average molecular weight is 257 g/mol. The Kier molecular flexibility index (Phi) is 3.80. The molecule has 0 radical (unpaired) electrons. The molecule has 0 N–H and O–H groups in total. The first-order valence-electron chi connectivity index (χ1n) is 6.00. The molecule has 0 aliphatic rings. The van der Waals surface area contributed by atoms with Crippen LogP contribution >= 0.6 is 0 Å². The van der Waals surface area contributed by atoms with E-state index in [1.807, 2.05) is 32.0 Å². The third-order valence-corrected chi connectivity index (χ3v) is 2.90. The highest BCUT2D eigenvalue weighted by atomic mass is 16.6. The molecule has 2 aromatic carbocycles. The molecule has 4 heteroatoms. The van der Waals surface area contributed by atoms with Crippen molar-refractivity contribution in [2.75, 3.05) is 0 Å². The van der Waals surface area contributed by atoms with Crippen LogP contribution in [-0.4, -0.2) is 4.92 Å². The lowest BCUT2D eigenvalue weighted by atomic mass is 10.1. The van der Waals surface area contributed by atoms with E-state index in [2.05, 4.69) is 0 Å². The minimum absolute atomic E-state index is 0.0901. The van der Waals surface area contributed by atoms with Gasteiger partial charge in [0.1, 0.15) is 12.4 Å². The van der Waals surface area contributed by atoms with Crippen LogP contribution in [0.3, 0.4) is 0 Å². The van der Waals surface area contributed by atoms with E-state index in [9.17, 15) is 10.1 Å². The highest BCUT2D eigenvalue weighted by molar-refractivity contribution is 5.40. The van der Waals surface area contributed by atoms with Gasteiger partial charge in [-0.2, -0.15) is 0 Å². The van der Waals surface area contributed by atoms with Gasteiger partial charge in [-0.15, -0.1) is 0 Å². The minimum Gasteiger partial charge on any atom is -0.488 e. The molecular formula is C15H15NO3. The first-order valence-corrected chi connectivity index (χ1v) is 6.00. The SMILES string of the molecule is Cc1ccc(OCc2ccccc2[N+](=O)[O-])c(C)c1. The Morgan fingerprint density at radius 3 is 2.58 bits per heavy atom. The zero-order valence-electron chi connectivity index (χ0n) is 10.9. The average Bonchev–Trinajstić information content (AvgIpc) is 2.38. The molecule has 0 amide bonds. The van der Waals surface area contributed by atoms with Gasteiger partial charge in [-0.05, 0) is 31.5 Å². The smallest absolute Gasteiger partial charge is 0.276 e. The van der Waals surface area contributed by atoms with E-state index >= 15 is 0 Å². The van der Waals surface area contributed by atoms with Crippen LogP contribution in [0.5, 0.6) is 5.75 Å². The summed E-state index contributed by atoms with van der Waals surface area (Å²) in [5.41, 5.74) is 2.86. The molecule has 0 aliphatic carbocycles. The van der Waals surface area contributed by atoms with Crippen LogP contribution < -0.4 is 4.74 Å². The normalized spacial score (nSPS) is 10.2. The van der Waals surface area contributed by atoms with E-state index in [0.717, 1.165) is 16.9 Å². The van der Waals surface area contributed by atoms with Crippen LogP contribution in [0, 0.1) is 24.0 Å². The van der Waals surface area contributed by atoms with E-state index in [4.69, 9.17) is 4.74 Å². The van der Waals surface area contributed by atoms with Crippen molar-refractivity contribution in [3.63, 3.8) is 0 Å². The fourth-order valence-electron chi connectivity index (χ4n) is 1.93. The zero-order chi connectivity index (χ0) is 13.8. The van der Waals surface area contributed by atoms with E-state index < -0.39 is 0 Å². The molecule has 2 aromatic rings. The van der Waals surface area contributed by atoms with Crippen LogP contribution in [0.1, 0.15) is 16.7 Å². The summed E-state index contributed by atoms with van der Waals surface area (Å²) >= 11 is 0. The van der Waals surface area contributed by atoms with Crippen LogP contribution in [0.15, 0.2) is 42.5 Å². The van der Waals surface area contributed by atoms with Crippen LogP contribution in [0.2, 0.25) is 0 Å². The Labute approximate surface area is 111 Å². The Balaban J connectivity index is 2.17. The first kappa shape index (κ1) is 13.1. The summed E-state index contributed by atoms with van der Waals surface area (Å²) < 4.78 is 5.66. The molecule has 0 aliphatic heterocycles. The predicted octanol–water partition coefficient (Wildman–Crippen LogP) is 3.79. The van der Waals surface area contributed by atoms with Crippen molar-refractivity contribution < 1.29 is 9.66 Å². The number of nitro benzene ring substituents is 1. The van der Waals surface area contributed by atoms with Crippen LogP contribution in [0.4, 0.5) is 5.69 Å². The fourth-order valence-corrected chi connectivity index (χ4v) is 1.93. The summed E-state index contributed by atoms with van der Waals surface area (Å²) in [6.07, 6.45) is 0. The molecule has 19 heavy (non-hydrogen) atoms. The predicted molar refractivity (Wildman–Crippen MR) is 73.3 cm³/mol. The monoisotopic (exact) mass is 257 g/mol. The molecule has 0 spiro atoms. The highest BCUT2D eigenvalue weighted by Crippen LogP contribution is 2.23. The van der Waals surface area contributed by atoms with Gasteiger partial charge in [0, 0.05) is 6.07 Å². The van der Waals surface area contributed by atoms with E-state index in [1.54, 1.807) is 18.2 Å². The molecule has 0 saturated heterocycles. The van der Waals surface area contributed by atoms with Gasteiger partial charge in [-0.3, -0.25) is 10.1 Å². The number of aryl methyl sites for hydroxylation is 2. The second kappa shape index (κ2) is 5.52. The van der Waals surface area contributed by atoms with Crippen molar-refractivity contribution in [2.45, 2.75) is 20.5 Å². The fraction of sp³-hybridized carbons (Fsp3) is 0.200. The molecule has 2 rings (SSSR count). The van der Waals surface area contributed by atoms with Crippen molar-refractivity contribution in [1.29, 1.82) is 0 Å². The maximum absolute atomic E-state index is 10.9. The number of nitro groups is 1. The number of benzene rings is 2. The lowest BCUT2D eigenvalue weighted by Crippen LogP contribution is -2.01. The topological polar surface area (TPSA) is 52.4 Å². The van der Waals surface area contributed by atoms with E-state index in [-0.39, 0.29) is 17.2 Å². The molecule has 0 aromatic heterocycles. The van der Waals surface area contributed by atoms with Crippen molar-refractivity contribution in [2.24, 2.45) is 0 Å². The summed E-state index contributed by atoms with van der Waals surface area (Å²) in [5, 5.41) is 10.9. The molecule has 0 heterocycles. The van der Waals surface area contributed by atoms with Crippen molar-refractivity contribution in [1.82, 2.24) is 0 Å². The van der Waals surface area contributed by atoms with Crippen molar-refractivity contribution in [3.8, 4) is 5.75 Å². The third-order valence-electron chi connectivity index (χ3n) is 2.90. The summed E-state index contributed by atoms with van der Waals surface area (Å²) in [4.78, 5) is 10.5. The van der Waals surface area contributed by atoms with Gasteiger partial charge in [-0.1, -0.05) is 29.8 Å². The number of para-hydroxylation sites is 1. The van der Waals surface area contributed by atoms with Gasteiger partial charge in [0.25, 0.3) is 5.69 Å². The van der Waals surface area contributed by atoms with Crippen molar-refractivity contribution in [3.05, 3.63) is 69.3 Å². The van der Waals surface area contributed by atoms with Gasteiger partial charge in [0.2, 0.25) is 0 Å². The quantitative estimate of drug-likeness (QED) is 0.618. The van der Waals surface area contributed by atoms with E-state index in [0.29, 0.717) is 5.56 Å². The second-order valence-corrected chi connectivity index (χ2v) is 4.44. The number of hydrogen-bond donors (Lipinski definition) is 0. The lowest BCUT2D eigenvalue weighted by molar-refractivity contribution is -0.385. The molecule has 0 atom stereocenters. The number of hydrogen-bond acceptors (Lipinski definition) is 3. The number of nitrogens with zero attached hydrogens (tertiary/aromatic N) is 1. The summed E-state index contributed by atoms with van der Waals surface area (Å²) in [6.45, 7) is 4.17. The second-order valence-electron chi connectivity index (χ2n) is 4.44. The van der Waals surface area contributed by atoms with Crippen LogP contribution in [-0.2, 0) is 6.61 Å². The van der Waals surface area contributed by atoms with Gasteiger partial charge >= 0.3 is 0 Å². The summed E-state index contributed by atoms with van der Waals surface area (Å²) in [7, 11) is 0. The Morgan fingerprint density at radius 2 is 1.89 bits per heavy atom. The van der Waals surface area contributed by atoms with Gasteiger partial charge < -0.3 is 4.74 Å². The van der Waals surface area contributed by atoms with Crippen LogP contribution in [0.25, 0.3) is 0 Å². The molecule has 0 fully saturated rings. The van der Waals surface area contributed by atoms with Gasteiger partial charge in [0.05, 0.1) is 10.5 Å². The molecular weight excluding hydrogens is 242 g/mol.